The Kier molecular flexibility index (Phi) is 5.97. The van der Waals surface area contributed by atoms with Crippen LogP contribution in [0.2, 0.25) is 0 Å². The van der Waals surface area contributed by atoms with E-state index in [9.17, 15) is 5.02 Å². The van der Waals surface area contributed by atoms with Gasteiger partial charge in [0.25, 0.3) is 0 Å². The Morgan fingerprint density at radius 2 is 2.31 bits per heavy atom. The van der Waals surface area contributed by atoms with Crippen LogP contribution in [0, 0.1) is 0 Å². The lowest BCUT2D eigenvalue weighted by Crippen LogP contribution is -2.12. The van der Waals surface area contributed by atoms with Crippen molar-refractivity contribution in [1.82, 2.24) is 0 Å². The molecule has 0 aromatic carbocycles. The Balaban J connectivity index is 2.27. The van der Waals surface area contributed by atoms with E-state index >= 15 is 0 Å². The number of rotatable bonds is 6. The molecule has 0 amide bonds. The number of hydrogen-bond donors (Lipinski definition) is 1. The molecule has 0 aromatic heterocycles. The molecule has 16 heavy (non-hydrogen) atoms. The van der Waals surface area contributed by atoms with Crippen molar-refractivity contribution in [2.75, 3.05) is 13.2 Å². The maximum atomic E-state index is 9.31. The molecule has 0 aromatic rings. The lowest BCUT2D eigenvalue weighted by molar-refractivity contribution is 0.244. The van der Waals surface area contributed by atoms with Crippen molar-refractivity contribution in [2.45, 2.75) is 26.7 Å². The quantitative estimate of drug-likeness (QED) is 0.324. The molecule has 3 nitrogen and oxygen atoms in total. The third-order valence-electron chi connectivity index (χ3n) is 2.47. The molecule has 0 fully saturated rings. The molecule has 1 aliphatic heterocycles. The van der Waals surface area contributed by atoms with Gasteiger partial charge in [0.1, 0.15) is 0 Å². The minimum Gasteiger partial charge on any atom is -0.501 e. The average Bonchev–Trinajstić information content (AvgIpc) is 2.59. The average molecular weight is 222 g/mol. The van der Waals surface area contributed by atoms with Gasteiger partial charge in [-0.15, -0.1) is 0 Å². The van der Waals surface area contributed by atoms with E-state index < -0.39 is 7.12 Å². The third kappa shape index (κ3) is 4.25. The second-order valence-electron chi connectivity index (χ2n) is 3.78. The van der Waals surface area contributed by atoms with Gasteiger partial charge in [0.15, 0.2) is 0 Å². The van der Waals surface area contributed by atoms with Gasteiger partial charge in [-0.1, -0.05) is 25.5 Å². The zero-order chi connectivity index (χ0) is 11.8. The van der Waals surface area contributed by atoms with Crippen molar-refractivity contribution in [2.24, 2.45) is 0 Å². The summed E-state index contributed by atoms with van der Waals surface area (Å²) in [7, 11) is -0.732. The zero-order valence-corrected chi connectivity index (χ0v) is 9.98. The Morgan fingerprint density at radius 1 is 1.50 bits per heavy atom. The Morgan fingerprint density at radius 3 is 2.94 bits per heavy atom. The number of hydrogen-bond acceptors (Lipinski definition) is 3. The topological polar surface area (TPSA) is 38.7 Å². The predicted octanol–water partition coefficient (Wildman–Crippen LogP) is 2.24. The summed E-state index contributed by atoms with van der Waals surface area (Å²) in [5.74, 6) is 0. The van der Waals surface area contributed by atoms with Gasteiger partial charge in [-0.25, -0.2) is 0 Å². The van der Waals surface area contributed by atoms with Crippen LogP contribution in [-0.4, -0.2) is 25.4 Å². The standard InChI is InChI=1S/C12H19BO3/c1-3-4-8-15-9-6-5-7-12-10-16-13(14)11(12)2/h5-7,9,14H,3-4,8,10H2,1-2H3/b7-5-,9-6+. The van der Waals surface area contributed by atoms with E-state index in [1.807, 2.05) is 25.2 Å². The second kappa shape index (κ2) is 7.31. The van der Waals surface area contributed by atoms with Gasteiger partial charge in [-0.05, 0) is 30.5 Å². The first-order valence-electron chi connectivity index (χ1n) is 5.69. The number of ether oxygens (including phenoxy) is 1. The molecule has 0 spiro atoms. The smallest absolute Gasteiger partial charge is 0.487 e. The molecule has 1 N–H and O–H groups in total. The van der Waals surface area contributed by atoms with Gasteiger partial charge in [-0.3, -0.25) is 0 Å². The van der Waals surface area contributed by atoms with E-state index in [-0.39, 0.29) is 0 Å². The summed E-state index contributed by atoms with van der Waals surface area (Å²) < 4.78 is 10.3. The van der Waals surface area contributed by atoms with Crippen molar-refractivity contribution >= 4 is 7.12 Å². The van der Waals surface area contributed by atoms with Crippen molar-refractivity contribution in [3.63, 3.8) is 0 Å². The lowest BCUT2D eigenvalue weighted by atomic mass is 9.80. The van der Waals surface area contributed by atoms with Gasteiger partial charge in [0.2, 0.25) is 0 Å². The lowest BCUT2D eigenvalue weighted by Gasteiger charge is -1.96. The highest BCUT2D eigenvalue weighted by atomic mass is 16.5. The van der Waals surface area contributed by atoms with Crippen LogP contribution in [0.15, 0.2) is 35.5 Å². The maximum absolute atomic E-state index is 9.31. The SMILES string of the molecule is CCCCO/C=C/C=C\C1=C(C)B(O)OC1. The molecule has 0 atom stereocenters. The van der Waals surface area contributed by atoms with Crippen LogP contribution in [0.3, 0.4) is 0 Å². The van der Waals surface area contributed by atoms with Gasteiger partial charge >= 0.3 is 7.12 Å². The molecule has 0 saturated heterocycles. The van der Waals surface area contributed by atoms with E-state index in [2.05, 4.69) is 6.92 Å². The van der Waals surface area contributed by atoms with Crippen LogP contribution in [0.4, 0.5) is 0 Å². The summed E-state index contributed by atoms with van der Waals surface area (Å²) >= 11 is 0. The fourth-order valence-corrected chi connectivity index (χ4v) is 1.31. The highest BCUT2D eigenvalue weighted by Gasteiger charge is 2.24. The molecular weight excluding hydrogens is 203 g/mol. The Hall–Kier alpha value is -0.995. The normalized spacial score (nSPS) is 17.1. The highest BCUT2D eigenvalue weighted by molar-refractivity contribution is 6.53. The summed E-state index contributed by atoms with van der Waals surface area (Å²) in [6, 6.07) is 0. The fraction of sp³-hybridized carbons (Fsp3) is 0.500. The highest BCUT2D eigenvalue weighted by Crippen LogP contribution is 2.16. The summed E-state index contributed by atoms with van der Waals surface area (Å²) in [6.45, 7) is 5.25. The molecule has 88 valence electrons. The van der Waals surface area contributed by atoms with E-state index in [1.165, 1.54) is 0 Å². The van der Waals surface area contributed by atoms with Gasteiger partial charge in [-0.2, -0.15) is 0 Å². The Bertz CT molecular complexity index is 295. The maximum Gasteiger partial charge on any atom is 0.487 e. The first-order chi connectivity index (χ1) is 7.75. The fourth-order valence-electron chi connectivity index (χ4n) is 1.31. The van der Waals surface area contributed by atoms with Crippen LogP contribution in [0.5, 0.6) is 0 Å². The summed E-state index contributed by atoms with van der Waals surface area (Å²) in [4.78, 5) is 0. The molecule has 1 aliphatic rings. The summed E-state index contributed by atoms with van der Waals surface area (Å²) in [5.41, 5.74) is 1.92. The van der Waals surface area contributed by atoms with Crippen LogP contribution in [0.25, 0.3) is 0 Å². The van der Waals surface area contributed by atoms with E-state index in [4.69, 9.17) is 9.39 Å². The minimum absolute atomic E-state index is 0.480. The zero-order valence-electron chi connectivity index (χ0n) is 9.98. The summed E-state index contributed by atoms with van der Waals surface area (Å²) in [6.07, 6.45) is 9.59. The minimum atomic E-state index is -0.732. The van der Waals surface area contributed by atoms with Crippen LogP contribution in [0.1, 0.15) is 26.7 Å². The monoisotopic (exact) mass is 222 g/mol. The van der Waals surface area contributed by atoms with Gasteiger partial charge < -0.3 is 14.4 Å². The third-order valence-corrected chi connectivity index (χ3v) is 2.47. The second-order valence-corrected chi connectivity index (χ2v) is 3.78. The molecule has 0 unspecified atom stereocenters. The molecule has 1 heterocycles. The van der Waals surface area contributed by atoms with Crippen LogP contribution < -0.4 is 0 Å². The van der Waals surface area contributed by atoms with E-state index in [0.29, 0.717) is 6.61 Å². The first-order valence-corrected chi connectivity index (χ1v) is 5.69. The molecule has 0 radical (unpaired) electrons. The number of allylic oxidation sites excluding steroid dienone is 3. The molecule has 1 rings (SSSR count). The first kappa shape index (κ1) is 13.1. The summed E-state index contributed by atoms with van der Waals surface area (Å²) in [5, 5.41) is 9.31. The van der Waals surface area contributed by atoms with Crippen molar-refractivity contribution in [3.05, 3.63) is 35.5 Å². The molecule has 4 heteroatoms. The van der Waals surface area contributed by atoms with Crippen LogP contribution >= 0.6 is 0 Å². The Labute approximate surface area is 97.6 Å². The van der Waals surface area contributed by atoms with Crippen molar-refractivity contribution in [3.8, 4) is 0 Å². The van der Waals surface area contributed by atoms with Crippen LogP contribution in [-0.2, 0) is 9.39 Å². The van der Waals surface area contributed by atoms with E-state index in [1.54, 1.807) is 6.26 Å². The van der Waals surface area contributed by atoms with E-state index in [0.717, 1.165) is 30.5 Å². The largest absolute Gasteiger partial charge is 0.501 e. The molecule has 0 saturated carbocycles. The predicted molar refractivity (Wildman–Crippen MR) is 65.8 cm³/mol. The molecular formula is C12H19BO3. The van der Waals surface area contributed by atoms with Gasteiger partial charge in [0, 0.05) is 0 Å². The van der Waals surface area contributed by atoms with Crippen molar-refractivity contribution < 1.29 is 14.4 Å². The van der Waals surface area contributed by atoms with Gasteiger partial charge in [0.05, 0.1) is 19.5 Å². The van der Waals surface area contributed by atoms with Crippen molar-refractivity contribution in [1.29, 1.82) is 0 Å². The molecule has 0 aliphatic carbocycles. The number of unbranched alkanes of at least 4 members (excludes halogenated alkanes) is 1. The molecule has 0 bridgehead atoms.